The van der Waals surface area contributed by atoms with Crippen LogP contribution in [0.5, 0.6) is 5.75 Å². The van der Waals surface area contributed by atoms with Crippen molar-refractivity contribution in [3.63, 3.8) is 0 Å². The third-order valence-electron chi connectivity index (χ3n) is 8.94. The minimum atomic E-state index is 0.334. The molecule has 0 bridgehead atoms. The number of fused-ring (bicyclic) bond motifs is 8. The Morgan fingerprint density at radius 1 is 1.03 bits per heavy atom. The summed E-state index contributed by atoms with van der Waals surface area (Å²) in [4.78, 5) is 10.3. The lowest BCUT2D eigenvalue weighted by molar-refractivity contribution is 0.0623. The number of nitrogens with one attached hydrogen (secondary N) is 3. The standard InChI is InChI=1S/C30H34N4O/c1-3-18-17-34-14-12-21-20-7-4-5-8-23(20)32-30(21)26(34)16-19(18)15-25-29-22(11-13-31-25)28-24(33-29)9-6-10-27(28)35-2/h3-10,18-19,25-26,31-33H,1,11-17H2,2H3/t18-,19-,25+,26-/m0/s1. The molecule has 2 aromatic heterocycles. The molecule has 0 unspecified atom stereocenters. The zero-order chi connectivity index (χ0) is 23.5. The van der Waals surface area contributed by atoms with E-state index in [1.807, 2.05) is 0 Å². The number of rotatable bonds is 4. The second-order valence-electron chi connectivity index (χ2n) is 10.6. The fraction of sp³-hybridized carbons (Fsp3) is 0.400. The highest BCUT2D eigenvalue weighted by atomic mass is 16.5. The molecule has 0 spiro atoms. The Morgan fingerprint density at radius 2 is 1.89 bits per heavy atom. The third-order valence-corrected chi connectivity index (χ3v) is 8.94. The summed E-state index contributed by atoms with van der Waals surface area (Å²) in [5.41, 5.74) is 8.26. The third kappa shape index (κ3) is 3.29. The van der Waals surface area contributed by atoms with Crippen LogP contribution in [0.2, 0.25) is 0 Å². The first-order valence-corrected chi connectivity index (χ1v) is 13.1. The number of H-pyrrole nitrogens is 2. The highest BCUT2D eigenvalue weighted by Crippen LogP contribution is 2.46. The molecular formula is C30H34N4O. The molecule has 2 aromatic carbocycles. The molecule has 3 aliphatic rings. The van der Waals surface area contributed by atoms with Crippen LogP contribution in [0.15, 0.2) is 55.1 Å². The van der Waals surface area contributed by atoms with Crippen molar-refractivity contribution in [2.24, 2.45) is 11.8 Å². The molecular weight excluding hydrogens is 432 g/mol. The molecule has 7 rings (SSSR count). The number of piperidine rings is 1. The minimum Gasteiger partial charge on any atom is -0.496 e. The van der Waals surface area contributed by atoms with Gasteiger partial charge in [0.2, 0.25) is 0 Å². The van der Waals surface area contributed by atoms with E-state index in [2.05, 4.69) is 75.3 Å². The summed E-state index contributed by atoms with van der Waals surface area (Å²) >= 11 is 0. The topological polar surface area (TPSA) is 56.1 Å². The average molecular weight is 467 g/mol. The lowest BCUT2D eigenvalue weighted by Gasteiger charge is -2.46. The van der Waals surface area contributed by atoms with Gasteiger partial charge in [0, 0.05) is 52.3 Å². The first kappa shape index (κ1) is 21.3. The van der Waals surface area contributed by atoms with Crippen molar-refractivity contribution in [2.75, 3.05) is 26.7 Å². The molecule has 3 N–H and O–H groups in total. The Balaban J connectivity index is 1.22. The van der Waals surface area contributed by atoms with Gasteiger partial charge in [-0.3, -0.25) is 4.90 Å². The van der Waals surface area contributed by atoms with Crippen molar-refractivity contribution in [2.45, 2.75) is 37.8 Å². The lowest BCUT2D eigenvalue weighted by Crippen LogP contribution is -2.46. The average Bonchev–Trinajstić information content (AvgIpc) is 3.47. The zero-order valence-electron chi connectivity index (χ0n) is 20.4. The number of aromatic amines is 2. The maximum atomic E-state index is 5.73. The Labute approximate surface area is 206 Å². The van der Waals surface area contributed by atoms with Gasteiger partial charge in [-0.15, -0.1) is 6.58 Å². The molecule has 0 saturated carbocycles. The van der Waals surface area contributed by atoms with Crippen molar-refractivity contribution >= 4 is 21.8 Å². The van der Waals surface area contributed by atoms with Gasteiger partial charge < -0.3 is 20.0 Å². The van der Waals surface area contributed by atoms with Crippen molar-refractivity contribution in [3.05, 3.63) is 77.6 Å². The zero-order valence-corrected chi connectivity index (χ0v) is 20.4. The van der Waals surface area contributed by atoms with Crippen LogP contribution >= 0.6 is 0 Å². The monoisotopic (exact) mass is 466 g/mol. The minimum absolute atomic E-state index is 0.334. The van der Waals surface area contributed by atoms with Crippen LogP contribution in [0.25, 0.3) is 21.8 Å². The highest BCUT2D eigenvalue weighted by Gasteiger charge is 2.40. The van der Waals surface area contributed by atoms with Gasteiger partial charge in [-0.1, -0.05) is 30.3 Å². The summed E-state index contributed by atoms with van der Waals surface area (Å²) in [6.45, 7) is 7.52. The molecule has 0 amide bonds. The maximum absolute atomic E-state index is 5.73. The molecule has 5 heteroatoms. The van der Waals surface area contributed by atoms with Crippen molar-refractivity contribution in [1.82, 2.24) is 20.2 Å². The van der Waals surface area contributed by atoms with E-state index in [1.54, 1.807) is 12.7 Å². The Kier molecular flexibility index (Phi) is 5.04. The van der Waals surface area contributed by atoms with Crippen LogP contribution in [0, 0.1) is 11.8 Å². The predicted octanol–water partition coefficient (Wildman–Crippen LogP) is 5.66. The maximum Gasteiger partial charge on any atom is 0.128 e. The van der Waals surface area contributed by atoms with Crippen LogP contribution in [0.3, 0.4) is 0 Å². The van der Waals surface area contributed by atoms with Gasteiger partial charge in [-0.25, -0.2) is 0 Å². The fourth-order valence-electron chi connectivity index (χ4n) is 7.28. The van der Waals surface area contributed by atoms with Crippen LogP contribution in [-0.4, -0.2) is 41.6 Å². The molecule has 1 saturated heterocycles. The van der Waals surface area contributed by atoms with E-state index in [0.29, 0.717) is 23.9 Å². The van der Waals surface area contributed by atoms with Crippen molar-refractivity contribution in [1.29, 1.82) is 0 Å². The molecule has 0 aliphatic carbocycles. The van der Waals surface area contributed by atoms with Gasteiger partial charge >= 0.3 is 0 Å². The predicted molar refractivity (Wildman–Crippen MR) is 142 cm³/mol. The van der Waals surface area contributed by atoms with Gasteiger partial charge in [0.05, 0.1) is 13.2 Å². The molecule has 3 aliphatic heterocycles. The number of hydrogen-bond donors (Lipinski definition) is 3. The summed E-state index contributed by atoms with van der Waals surface area (Å²) in [5, 5.41) is 6.53. The SMILES string of the molecule is C=C[C@H]1CN2CCc3c([nH]c4ccccc34)[C@@H]2C[C@@H]1C[C@H]1NCCc2c1[nH]c1cccc(OC)c21. The molecule has 1 fully saturated rings. The molecule has 4 aromatic rings. The lowest BCUT2D eigenvalue weighted by atomic mass is 9.75. The van der Waals surface area contributed by atoms with E-state index in [0.717, 1.165) is 44.6 Å². The second kappa shape index (κ2) is 8.28. The quantitative estimate of drug-likeness (QED) is 0.340. The van der Waals surface area contributed by atoms with E-state index in [-0.39, 0.29) is 0 Å². The first-order valence-electron chi connectivity index (χ1n) is 13.1. The first-order chi connectivity index (χ1) is 17.2. The highest BCUT2D eigenvalue weighted by molar-refractivity contribution is 5.91. The van der Waals surface area contributed by atoms with Gasteiger partial charge in [-0.2, -0.15) is 0 Å². The van der Waals surface area contributed by atoms with Gasteiger partial charge in [0.25, 0.3) is 0 Å². The number of benzene rings is 2. The molecule has 0 radical (unpaired) electrons. The number of aromatic nitrogens is 2. The van der Waals surface area contributed by atoms with Crippen LogP contribution in [0.4, 0.5) is 0 Å². The number of ether oxygens (including phenoxy) is 1. The Morgan fingerprint density at radius 3 is 2.77 bits per heavy atom. The smallest absolute Gasteiger partial charge is 0.128 e. The van der Waals surface area contributed by atoms with Gasteiger partial charge in [0.1, 0.15) is 5.75 Å². The summed E-state index contributed by atoms with van der Waals surface area (Å²) in [5.74, 6) is 2.08. The molecule has 5 heterocycles. The van der Waals surface area contributed by atoms with Crippen LogP contribution < -0.4 is 10.1 Å². The number of hydrogen-bond acceptors (Lipinski definition) is 3. The number of para-hydroxylation sites is 1. The number of nitrogens with zero attached hydrogens (tertiary/aromatic N) is 1. The summed E-state index contributed by atoms with van der Waals surface area (Å²) in [6.07, 6.45) is 6.69. The van der Waals surface area contributed by atoms with Gasteiger partial charge in [-0.05, 0) is 73.4 Å². The molecule has 5 nitrogen and oxygen atoms in total. The Hall–Kier alpha value is -3.02. The molecule has 4 atom stereocenters. The van der Waals surface area contributed by atoms with E-state index in [1.165, 1.54) is 45.2 Å². The molecule has 35 heavy (non-hydrogen) atoms. The Bertz CT molecular complexity index is 1410. The van der Waals surface area contributed by atoms with Crippen molar-refractivity contribution in [3.8, 4) is 5.75 Å². The second-order valence-corrected chi connectivity index (χ2v) is 10.6. The van der Waals surface area contributed by atoms with Crippen LogP contribution in [-0.2, 0) is 12.8 Å². The van der Waals surface area contributed by atoms with E-state index in [9.17, 15) is 0 Å². The normalized spacial score (nSPS) is 26.3. The molecule has 180 valence electrons. The summed E-state index contributed by atoms with van der Waals surface area (Å²) < 4.78 is 5.73. The summed E-state index contributed by atoms with van der Waals surface area (Å²) in [7, 11) is 1.78. The largest absolute Gasteiger partial charge is 0.496 e. The van der Waals surface area contributed by atoms with Crippen molar-refractivity contribution < 1.29 is 4.74 Å². The van der Waals surface area contributed by atoms with E-state index >= 15 is 0 Å². The van der Waals surface area contributed by atoms with Gasteiger partial charge in [0.15, 0.2) is 0 Å². The number of methoxy groups -OCH3 is 1. The van der Waals surface area contributed by atoms with E-state index < -0.39 is 0 Å². The fourth-order valence-corrected chi connectivity index (χ4v) is 7.28. The van der Waals surface area contributed by atoms with Crippen LogP contribution in [0.1, 0.15) is 47.4 Å². The summed E-state index contributed by atoms with van der Waals surface area (Å²) in [6, 6.07) is 16.0. The van der Waals surface area contributed by atoms with E-state index in [4.69, 9.17) is 4.74 Å².